The highest BCUT2D eigenvalue weighted by molar-refractivity contribution is 6.36. The molecule has 1 aliphatic heterocycles. The quantitative estimate of drug-likeness (QED) is 0.652. The van der Waals surface area contributed by atoms with Crippen LogP contribution in [0.15, 0.2) is 24.4 Å². The van der Waals surface area contributed by atoms with E-state index in [4.69, 9.17) is 38.4 Å². The van der Waals surface area contributed by atoms with Crippen molar-refractivity contribution in [3.05, 3.63) is 46.0 Å². The first-order valence-electron chi connectivity index (χ1n) is 8.84. The predicted octanol–water partition coefficient (Wildman–Crippen LogP) is 3.74. The Morgan fingerprint density at radius 2 is 2.07 bits per heavy atom. The highest BCUT2D eigenvalue weighted by Crippen LogP contribution is 2.39. The molecule has 1 saturated heterocycles. The van der Waals surface area contributed by atoms with Crippen molar-refractivity contribution in [1.82, 2.24) is 10.3 Å². The monoisotopic (exact) mass is 463 g/mol. The van der Waals surface area contributed by atoms with E-state index >= 15 is 0 Å². The van der Waals surface area contributed by atoms with E-state index in [1.807, 2.05) is 0 Å². The van der Waals surface area contributed by atoms with Crippen LogP contribution in [0.2, 0.25) is 10.0 Å². The summed E-state index contributed by atoms with van der Waals surface area (Å²) in [6, 6.07) is 3.10. The summed E-state index contributed by atoms with van der Waals surface area (Å²) < 4.78 is 50.0. The third-order valence-corrected chi connectivity index (χ3v) is 4.97. The number of nitrogens with one attached hydrogen (secondary N) is 1. The van der Waals surface area contributed by atoms with Gasteiger partial charge in [-0.05, 0) is 25.1 Å². The average Bonchev–Trinajstić information content (AvgIpc) is 2.64. The van der Waals surface area contributed by atoms with E-state index in [9.17, 15) is 18.0 Å². The van der Waals surface area contributed by atoms with Gasteiger partial charge >= 0.3 is 0 Å². The van der Waals surface area contributed by atoms with Crippen molar-refractivity contribution in [1.29, 1.82) is 0 Å². The number of ether oxygens (including phenoxy) is 2. The number of aromatic nitrogens is 1. The molecule has 3 N–H and O–H groups in total. The first kappa shape index (κ1) is 22.6. The fourth-order valence-electron chi connectivity index (χ4n) is 2.84. The number of nitrogens with two attached hydrogens (primary N) is 1. The van der Waals surface area contributed by atoms with Gasteiger partial charge in [-0.15, -0.1) is 0 Å². The van der Waals surface area contributed by atoms with Crippen LogP contribution in [-0.2, 0) is 9.53 Å². The molecule has 3 rings (SSSR count). The van der Waals surface area contributed by atoms with Crippen LogP contribution in [0.1, 0.15) is 18.7 Å². The number of carbonyl (C=O) groups is 1. The van der Waals surface area contributed by atoms with Crippen molar-refractivity contribution < 1.29 is 27.4 Å². The molecule has 1 unspecified atom stereocenters. The van der Waals surface area contributed by atoms with Crippen LogP contribution >= 0.6 is 23.2 Å². The largest absolute Gasteiger partial charge is 0.485 e. The lowest BCUT2D eigenvalue weighted by Crippen LogP contribution is -2.66. The van der Waals surface area contributed by atoms with Crippen LogP contribution in [0.25, 0.3) is 11.1 Å². The number of hydrogen-bond acceptors (Lipinski definition) is 5. The number of hydrogen-bond donors (Lipinski definition) is 2. The van der Waals surface area contributed by atoms with Gasteiger partial charge in [0.15, 0.2) is 0 Å². The number of amides is 1. The molecule has 1 fully saturated rings. The second kappa shape index (κ2) is 8.97. The maximum Gasteiger partial charge on any atom is 0.272 e. The molecule has 1 amide bonds. The smallest absolute Gasteiger partial charge is 0.272 e. The topological polar surface area (TPSA) is 86.5 Å². The van der Waals surface area contributed by atoms with E-state index < -0.39 is 36.3 Å². The molecule has 0 radical (unpaired) electrons. The Bertz CT molecular complexity index is 958. The van der Waals surface area contributed by atoms with Gasteiger partial charge in [0.2, 0.25) is 5.91 Å². The molecule has 1 aromatic carbocycles. The minimum atomic E-state index is -2.72. The summed E-state index contributed by atoms with van der Waals surface area (Å²) in [6.45, 7) is 0.823. The second-order valence-corrected chi connectivity index (χ2v) is 7.75. The van der Waals surface area contributed by atoms with E-state index in [1.165, 1.54) is 18.3 Å². The number of halogens is 5. The molecule has 2 heterocycles. The molecule has 30 heavy (non-hydrogen) atoms. The molecule has 1 aliphatic rings. The summed E-state index contributed by atoms with van der Waals surface area (Å²) >= 11 is 12.1. The van der Waals surface area contributed by atoms with Gasteiger partial charge < -0.3 is 20.5 Å². The van der Waals surface area contributed by atoms with Gasteiger partial charge in [-0.3, -0.25) is 9.78 Å². The Kier molecular flexibility index (Phi) is 6.76. The second-order valence-electron chi connectivity index (χ2n) is 6.90. The van der Waals surface area contributed by atoms with E-state index in [0.717, 1.165) is 6.07 Å². The summed E-state index contributed by atoms with van der Waals surface area (Å²) in [5, 5.41) is 2.81. The zero-order valence-corrected chi connectivity index (χ0v) is 17.2. The van der Waals surface area contributed by atoms with Crippen molar-refractivity contribution in [2.24, 2.45) is 5.73 Å². The third kappa shape index (κ3) is 4.80. The van der Waals surface area contributed by atoms with Crippen LogP contribution in [0.4, 0.5) is 13.2 Å². The number of benzene rings is 1. The van der Waals surface area contributed by atoms with Crippen molar-refractivity contribution in [3.63, 3.8) is 0 Å². The molecule has 162 valence electrons. The summed E-state index contributed by atoms with van der Waals surface area (Å²) in [5.74, 6) is -1.27. The van der Waals surface area contributed by atoms with Crippen LogP contribution in [0.3, 0.4) is 0 Å². The number of alkyl halides is 2. The van der Waals surface area contributed by atoms with Crippen molar-refractivity contribution in [2.75, 3.05) is 19.8 Å². The Morgan fingerprint density at radius 1 is 1.37 bits per heavy atom. The number of carbonyl (C=O) groups excluding carboxylic acids is 1. The predicted molar refractivity (Wildman–Crippen MR) is 105 cm³/mol. The summed E-state index contributed by atoms with van der Waals surface area (Å²) in [6.07, 6.45) is -1.42. The minimum absolute atomic E-state index is 0.000715. The highest BCUT2D eigenvalue weighted by atomic mass is 35.5. The maximum absolute atomic E-state index is 14.8. The molecular formula is C19H18Cl2F3N3O3. The summed E-state index contributed by atoms with van der Waals surface area (Å²) in [7, 11) is 0. The molecule has 1 atom stereocenters. The fraction of sp³-hybridized carbons (Fsp3) is 0.368. The van der Waals surface area contributed by atoms with Crippen LogP contribution in [0, 0.1) is 5.82 Å². The van der Waals surface area contributed by atoms with Gasteiger partial charge in [-0.1, -0.05) is 23.2 Å². The van der Waals surface area contributed by atoms with Crippen molar-refractivity contribution >= 4 is 29.1 Å². The van der Waals surface area contributed by atoms with Gasteiger partial charge in [0, 0.05) is 22.3 Å². The Balaban J connectivity index is 1.87. The molecule has 6 nitrogen and oxygen atoms in total. The lowest BCUT2D eigenvalue weighted by molar-refractivity contribution is -0.144. The first-order chi connectivity index (χ1) is 14.1. The normalized spacial score (nSPS) is 16.1. The first-order valence-corrected chi connectivity index (χ1v) is 9.59. The SMILES string of the molecule is CC(NC(=O)C1(N)COC1)c1ncc(-c2cc(Cl)cc(Cl)c2OCC(F)F)cc1F. The molecule has 0 saturated carbocycles. The van der Waals surface area contributed by atoms with E-state index in [0.29, 0.717) is 0 Å². The zero-order chi connectivity index (χ0) is 22.1. The third-order valence-electron chi connectivity index (χ3n) is 4.47. The molecule has 2 aromatic rings. The Labute approximate surface area is 180 Å². The van der Waals surface area contributed by atoms with Gasteiger partial charge in [0.25, 0.3) is 6.43 Å². The maximum atomic E-state index is 14.8. The van der Waals surface area contributed by atoms with Crippen LogP contribution in [0.5, 0.6) is 5.75 Å². The minimum Gasteiger partial charge on any atom is -0.485 e. The van der Waals surface area contributed by atoms with Crippen molar-refractivity contribution in [3.8, 4) is 16.9 Å². The highest BCUT2D eigenvalue weighted by Gasteiger charge is 2.42. The van der Waals surface area contributed by atoms with E-state index in [1.54, 1.807) is 6.92 Å². The van der Waals surface area contributed by atoms with E-state index in [-0.39, 0.29) is 45.8 Å². The van der Waals surface area contributed by atoms with Crippen LogP contribution < -0.4 is 15.8 Å². The van der Waals surface area contributed by atoms with E-state index in [2.05, 4.69) is 10.3 Å². The zero-order valence-electron chi connectivity index (χ0n) is 15.7. The molecule has 0 bridgehead atoms. The molecule has 0 spiro atoms. The summed E-state index contributed by atoms with van der Waals surface area (Å²) in [5.41, 5.74) is 5.11. The fourth-order valence-corrected chi connectivity index (χ4v) is 3.39. The Hall–Kier alpha value is -2.07. The van der Waals surface area contributed by atoms with Crippen molar-refractivity contribution in [2.45, 2.75) is 24.9 Å². The molecule has 1 aromatic heterocycles. The van der Waals surface area contributed by atoms with Gasteiger partial charge in [-0.2, -0.15) is 0 Å². The lowest BCUT2D eigenvalue weighted by Gasteiger charge is -2.36. The van der Waals surface area contributed by atoms with Gasteiger partial charge in [-0.25, -0.2) is 13.2 Å². The standard InChI is InChI=1S/C19H18Cl2F3N3O3/c1-9(27-18(28)19(25)7-29-8-19)16-14(22)2-10(5-26-16)12-3-11(20)4-13(21)17(12)30-6-15(23)24/h2-5,9,15H,6-8,25H2,1H3,(H,27,28). The molecule has 0 aliphatic carbocycles. The Morgan fingerprint density at radius 3 is 2.63 bits per heavy atom. The lowest BCUT2D eigenvalue weighted by atomic mass is 9.97. The van der Waals surface area contributed by atoms with Gasteiger partial charge in [0.05, 0.1) is 30.0 Å². The summed E-state index contributed by atoms with van der Waals surface area (Å²) in [4.78, 5) is 16.3. The number of rotatable bonds is 7. The van der Waals surface area contributed by atoms with Crippen LogP contribution in [-0.4, -0.2) is 42.7 Å². The molecule has 11 heteroatoms. The average molecular weight is 464 g/mol. The molecular weight excluding hydrogens is 446 g/mol. The number of nitrogens with zero attached hydrogens (tertiary/aromatic N) is 1. The van der Waals surface area contributed by atoms with Gasteiger partial charge in [0.1, 0.15) is 23.7 Å². The number of pyridine rings is 1.